The molecule has 1 aliphatic carbocycles. The molecule has 2 N–H and O–H groups in total. The first kappa shape index (κ1) is 17.6. The molecule has 2 amide bonds. The molecule has 7 heteroatoms. The summed E-state index contributed by atoms with van der Waals surface area (Å²) in [6.45, 7) is 1.89. The van der Waals surface area contributed by atoms with Crippen LogP contribution >= 0.6 is 0 Å². The molecule has 0 aromatic heterocycles. The van der Waals surface area contributed by atoms with E-state index in [1.54, 1.807) is 6.92 Å². The summed E-state index contributed by atoms with van der Waals surface area (Å²) in [4.78, 5) is 34.4. The minimum absolute atomic E-state index is 0.0133. The van der Waals surface area contributed by atoms with Gasteiger partial charge in [-0.3, -0.25) is 19.7 Å². The first-order chi connectivity index (χ1) is 12.4. The van der Waals surface area contributed by atoms with Gasteiger partial charge in [0.1, 0.15) is 0 Å². The van der Waals surface area contributed by atoms with E-state index < -0.39 is 4.92 Å². The van der Waals surface area contributed by atoms with E-state index >= 15 is 0 Å². The Morgan fingerprint density at radius 3 is 2.62 bits per heavy atom. The van der Waals surface area contributed by atoms with Crippen LogP contribution in [0, 0.1) is 23.0 Å². The van der Waals surface area contributed by atoms with Gasteiger partial charge in [-0.05, 0) is 49.6 Å². The molecule has 0 atom stereocenters. The lowest BCUT2D eigenvalue weighted by Crippen LogP contribution is -2.23. The molecule has 0 aliphatic heterocycles. The van der Waals surface area contributed by atoms with Crippen LogP contribution in [0.4, 0.5) is 11.4 Å². The molecule has 3 rings (SSSR count). The second-order valence-corrected chi connectivity index (χ2v) is 6.40. The van der Waals surface area contributed by atoms with Gasteiger partial charge in [-0.1, -0.05) is 12.1 Å². The summed E-state index contributed by atoms with van der Waals surface area (Å²) < 4.78 is 0. The average molecular weight is 353 g/mol. The summed E-state index contributed by atoms with van der Waals surface area (Å²) in [6, 6.07) is 11.6. The molecule has 1 aliphatic rings. The third-order valence-electron chi connectivity index (χ3n) is 4.25. The number of hydrogen-bond acceptors (Lipinski definition) is 4. The van der Waals surface area contributed by atoms with Gasteiger partial charge in [-0.2, -0.15) is 0 Å². The highest BCUT2D eigenvalue weighted by atomic mass is 16.6. The smallest absolute Gasteiger partial charge is 0.272 e. The van der Waals surface area contributed by atoms with Crippen LogP contribution in [0.3, 0.4) is 0 Å². The normalized spacial score (nSPS) is 13.1. The van der Waals surface area contributed by atoms with Crippen LogP contribution in [-0.2, 0) is 11.3 Å². The topological polar surface area (TPSA) is 101 Å². The highest BCUT2D eigenvalue weighted by Gasteiger charge is 2.29. The van der Waals surface area contributed by atoms with Gasteiger partial charge in [-0.25, -0.2) is 0 Å². The maximum atomic E-state index is 12.3. The number of nitro benzene ring substituents is 1. The molecule has 1 fully saturated rings. The molecule has 0 spiro atoms. The lowest BCUT2D eigenvalue weighted by Gasteiger charge is -2.09. The van der Waals surface area contributed by atoms with E-state index in [9.17, 15) is 19.7 Å². The monoisotopic (exact) mass is 353 g/mol. The van der Waals surface area contributed by atoms with Crippen molar-refractivity contribution in [2.75, 3.05) is 5.32 Å². The van der Waals surface area contributed by atoms with Crippen LogP contribution in [0.25, 0.3) is 0 Å². The highest BCUT2D eigenvalue weighted by molar-refractivity contribution is 5.95. The van der Waals surface area contributed by atoms with E-state index in [1.807, 2.05) is 24.3 Å². The summed E-state index contributed by atoms with van der Waals surface area (Å²) in [7, 11) is 0. The molecule has 0 radical (unpaired) electrons. The molecule has 1 saturated carbocycles. The third kappa shape index (κ3) is 4.24. The molecule has 26 heavy (non-hydrogen) atoms. The van der Waals surface area contributed by atoms with E-state index in [1.165, 1.54) is 18.2 Å². The summed E-state index contributed by atoms with van der Waals surface area (Å²) in [5.41, 5.74) is 2.35. The molecule has 0 heterocycles. The number of nitrogens with one attached hydrogen (secondary N) is 2. The van der Waals surface area contributed by atoms with Crippen LogP contribution in [0.2, 0.25) is 0 Å². The Labute approximate surface area is 150 Å². The third-order valence-corrected chi connectivity index (χ3v) is 4.25. The highest BCUT2D eigenvalue weighted by Crippen LogP contribution is 2.30. The SMILES string of the molecule is Cc1cc(C(=O)NCc2cccc(NC(=O)C3CC3)c2)ccc1[N+](=O)[O-]. The zero-order valence-electron chi connectivity index (χ0n) is 14.3. The largest absolute Gasteiger partial charge is 0.348 e. The first-order valence-corrected chi connectivity index (χ1v) is 8.37. The zero-order chi connectivity index (χ0) is 18.7. The van der Waals surface area contributed by atoms with Gasteiger partial charge in [0.2, 0.25) is 5.91 Å². The van der Waals surface area contributed by atoms with E-state index in [0.717, 1.165) is 18.4 Å². The molecular weight excluding hydrogens is 334 g/mol. The Hall–Kier alpha value is -3.22. The number of rotatable bonds is 6. The summed E-state index contributed by atoms with van der Waals surface area (Å²) >= 11 is 0. The van der Waals surface area contributed by atoms with Crippen molar-refractivity contribution >= 4 is 23.2 Å². The van der Waals surface area contributed by atoms with Crippen LogP contribution < -0.4 is 10.6 Å². The number of nitro groups is 1. The average Bonchev–Trinajstić information content (AvgIpc) is 3.44. The van der Waals surface area contributed by atoms with Crippen LogP contribution in [0.1, 0.15) is 34.3 Å². The fourth-order valence-electron chi connectivity index (χ4n) is 2.63. The Bertz CT molecular complexity index is 875. The van der Waals surface area contributed by atoms with E-state index in [2.05, 4.69) is 10.6 Å². The number of aryl methyl sites for hydroxylation is 1. The van der Waals surface area contributed by atoms with Crippen LogP contribution in [-0.4, -0.2) is 16.7 Å². The number of nitrogens with zero attached hydrogens (tertiary/aromatic N) is 1. The quantitative estimate of drug-likeness (QED) is 0.615. The van der Waals surface area contributed by atoms with Crippen molar-refractivity contribution in [3.05, 3.63) is 69.3 Å². The second-order valence-electron chi connectivity index (χ2n) is 6.40. The van der Waals surface area contributed by atoms with Gasteiger partial charge in [0.25, 0.3) is 11.6 Å². The Morgan fingerprint density at radius 2 is 1.96 bits per heavy atom. The second kappa shape index (κ2) is 7.35. The lowest BCUT2D eigenvalue weighted by molar-refractivity contribution is -0.385. The first-order valence-electron chi connectivity index (χ1n) is 8.37. The number of benzene rings is 2. The van der Waals surface area contributed by atoms with Gasteiger partial charge in [0.05, 0.1) is 4.92 Å². The van der Waals surface area contributed by atoms with Gasteiger partial charge in [0.15, 0.2) is 0 Å². The predicted molar refractivity (Wildman–Crippen MR) is 96.8 cm³/mol. The van der Waals surface area contributed by atoms with Gasteiger partial charge < -0.3 is 10.6 Å². The lowest BCUT2D eigenvalue weighted by atomic mass is 10.1. The number of amides is 2. The molecule has 134 valence electrons. The summed E-state index contributed by atoms with van der Waals surface area (Å²) in [5.74, 6) is -0.147. The summed E-state index contributed by atoms with van der Waals surface area (Å²) in [6.07, 6.45) is 1.88. The van der Waals surface area contributed by atoms with Gasteiger partial charge in [-0.15, -0.1) is 0 Å². The number of carbonyl (C=O) groups is 2. The van der Waals surface area contributed by atoms with Crippen LogP contribution in [0.5, 0.6) is 0 Å². The van der Waals surface area contributed by atoms with Crippen molar-refractivity contribution in [1.82, 2.24) is 5.32 Å². The van der Waals surface area contributed by atoms with Crippen molar-refractivity contribution in [3.8, 4) is 0 Å². The minimum atomic E-state index is -0.474. The van der Waals surface area contributed by atoms with E-state index in [0.29, 0.717) is 23.4 Å². The molecule has 0 bridgehead atoms. The zero-order valence-corrected chi connectivity index (χ0v) is 14.3. The number of hydrogen-bond donors (Lipinski definition) is 2. The molecule has 0 saturated heterocycles. The Kier molecular flexibility index (Phi) is 4.97. The Balaban J connectivity index is 1.61. The number of anilines is 1. The van der Waals surface area contributed by atoms with E-state index in [-0.39, 0.29) is 23.4 Å². The van der Waals surface area contributed by atoms with Crippen molar-refractivity contribution in [1.29, 1.82) is 0 Å². The standard InChI is InChI=1S/C19H19N3O4/c1-12-9-15(7-8-17(12)22(25)26)18(23)20-11-13-3-2-4-16(10-13)21-19(24)14-5-6-14/h2-4,7-10,14H,5-6,11H2,1H3,(H,20,23)(H,21,24). The van der Waals surface area contributed by atoms with Crippen LogP contribution in [0.15, 0.2) is 42.5 Å². The van der Waals surface area contributed by atoms with E-state index in [4.69, 9.17) is 0 Å². The molecule has 2 aromatic carbocycles. The maximum absolute atomic E-state index is 12.3. The van der Waals surface area contributed by atoms with Gasteiger partial charge in [0, 0.05) is 35.3 Å². The number of carbonyl (C=O) groups excluding carboxylic acids is 2. The predicted octanol–water partition coefficient (Wildman–Crippen LogP) is 3.18. The fraction of sp³-hybridized carbons (Fsp3) is 0.263. The fourth-order valence-corrected chi connectivity index (χ4v) is 2.63. The Morgan fingerprint density at radius 1 is 1.19 bits per heavy atom. The molecular formula is C19H19N3O4. The van der Waals surface area contributed by atoms with Crippen molar-refractivity contribution in [3.63, 3.8) is 0 Å². The summed E-state index contributed by atoms with van der Waals surface area (Å²) in [5, 5.41) is 16.5. The molecule has 7 nitrogen and oxygen atoms in total. The molecule has 2 aromatic rings. The van der Waals surface area contributed by atoms with Gasteiger partial charge >= 0.3 is 0 Å². The minimum Gasteiger partial charge on any atom is -0.348 e. The van der Waals surface area contributed by atoms with Crippen molar-refractivity contribution in [2.45, 2.75) is 26.3 Å². The maximum Gasteiger partial charge on any atom is 0.272 e. The van der Waals surface area contributed by atoms with Crippen molar-refractivity contribution in [2.24, 2.45) is 5.92 Å². The van der Waals surface area contributed by atoms with Crippen molar-refractivity contribution < 1.29 is 14.5 Å². The molecule has 0 unspecified atom stereocenters.